The Bertz CT molecular complexity index is 708. The van der Waals surface area contributed by atoms with Crippen LogP contribution in [0.25, 0.3) is 11.1 Å². The summed E-state index contributed by atoms with van der Waals surface area (Å²) in [6, 6.07) is 16.5. The molecule has 120 valence electrons. The molecule has 0 spiro atoms. The van der Waals surface area contributed by atoms with Crippen molar-refractivity contribution in [1.82, 2.24) is 0 Å². The first-order valence-electron chi connectivity index (χ1n) is 8.17. The number of carbonyl (C=O) groups excluding carboxylic acids is 1. The second-order valence-electron chi connectivity index (χ2n) is 6.03. The molecule has 1 unspecified atom stereocenters. The van der Waals surface area contributed by atoms with E-state index < -0.39 is 5.60 Å². The molecule has 3 rings (SSSR count). The fourth-order valence-corrected chi connectivity index (χ4v) is 3.24. The first-order valence-corrected chi connectivity index (χ1v) is 8.17. The van der Waals surface area contributed by atoms with E-state index in [0.717, 1.165) is 24.2 Å². The molecular formula is C20H22O3. The van der Waals surface area contributed by atoms with E-state index in [1.807, 2.05) is 31.2 Å². The Labute approximate surface area is 137 Å². The molecule has 0 aliphatic carbocycles. The van der Waals surface area contributed by atoms with Crippen molar-refractivity contribution in [3.8, 4) is 16.9 Å². The van der Waals surface area contributed by atoms with Gasteiger partial charge in [-0.05, 0) is 38.3 Å². The molecule has 2 aromatic carbocycles. The van der Waals surface area contributed by atoms with E-state index in [1.165, 1.54) is 11.1 Å². The average molecular weight is 310 g/mol. The summed E-state index contributed by atoms with van der Waals surface area (Å²) < 4.78 is 11.3. The second kappa shape index (κ2) is 6.45. The Morgan fingerprint density at radius 2 is 1.78 bits per heavy atom. The molecule has 0 N–H and O–H groups in total. The first kappa shape index (κ1) is 15.6. The van der Waals surface area contributed by atoms with Gasteiger partial charge in [0.15, 0.2) is 0 Å². The van der Waals surface area contributed by atoms with Gasteiger partial charge in [0.2, 0.25) is 0 Å². The van der Waals surface area contributed by atoms with Crippen LogP contribution in [-0.2, 0) is 15.1 Å². The summed E-state index contributed by atoms with van der Waals surface area (Å²) in [6.45, 7) is 4.37. The summed E-state index contributed by atoms with van der Waals surface area (Å²) in [5, 5.41) is 0. The summed E-state index contributed by atoms with van der Waals surface area (Å²) in [4.78, 5) is 11.6. The third-order valence-electron chi connectivity index (χ3n) is 4.35. The number of rotatable bonds is 5. The first-order chi connectivity index (χ1) is 11.1. The summed E-state index contributed by atoms with van der Waals surface area (Å²) in [5.74, 6) is 0.769. The number of benzene rings is 2. The molecule has 0 fully saturated rings. The smallest absolute Gasteiger partial charge is 0.305 e. The van der Waals surface area contributed by atoms with Crippen LogP contribution in [0.3, 0.4) is 0 Å². The van der Waals surface area contributed by atoms with Gasteiger partial charge in [0.05, 0.1) is 6.61 Å². The minimum absolute atomic E-state index is 0.138. The molecule has 0 radical (unpaired) electrons. The lowest BCUT2D eigenvalue weighted by molar-refractivity contribution is -0.143. The summed E-state index contributed by atoms with van der Waals surface area (Å²) in [6.07, 6.45) is 1.94. The number of hydrogen-bond acceptors (Lipinski definition) is 3. The molecule has 1 aliphatic rings. The van der Waals surface area contributed by atoms with Crippen LogP contribution in [0.5, 0.6) is 5.75 Å². The number of ether oxygens (including phenoxy) is 2. The van der Waals surface area contributed by atoms with Gasteiger partial charge >= 0.3 is 5.97 Å². The van der Waals surface area contributed by atoms with Crippen LogP contribution >= 0.6 is 0 Å². The molecule has 0 bridgehead atoms. The van der Waals surface area contributed by atoms with Crippen LogP contribution in [0.1, 0.15) is 38.7 Å². The van der Waals surface area contributed by atoms with Crippen molar-refractivity contribution in [2.45, 2.75) is 38.7 Å². The van der Waals surface area contributed by atoms with E-state index in [2.05, 4.69) is 31.2 Å². The Hall–Kier alpha value is -2.29. The zero-order chi connectivity index (χ0) is 16.3. The SMILES string of the molecule is CCOC(=O)CCCC1(C)Oc2ccccc2-c2ccccc21. The van der Waals surface area contributed by atoms with E-state index in [1.54, 1.807) is 0 Å². The topological polar surface area (TPSA) is 35.5 Å². The molecule has 0 amide bonds. The lowest BCUT2D eigenvalue weighted by Gasteiger charge is -2.38. The summed E-state index contributed by atoms with van der Waals surface area (Å²) in [5.41, 5.74) is 3.11. The molecule has 1 heterocycles. The predicted octanol–water partition coefficient (Wildman–Crippen LogP) is 4.69. The van der Waals surface area contributed by atoms with Gasteiger partial charge in [-0.25, -0.2) is 0 Å². The van der Waals surface area contributed by atoms with Gasteiger partial charge < -0.3 is 9.47 Å². The Balaban J connectivity index is 1.84. The second-order valence-corrected chi connectivity index (χ2v) is 6.03. The molecular weight excluding hydrogens is 288 g/mol. The fraction of sp³-hybridized carbons (Fsp3) is 0.350. The van der Waals surface area contributed by atoms with Crippen LogP contribution in [-0.4, -0.2) is 12.6 Å². The lowest BCUT2D eigenvalue weighted by atomic mass is 9.82. The quantitative estimate of drug-likeness (QED) is 0.751. The normalized spacial score (nSPS) is 18.5. The summed E-state index contributed by atoms with van der Waals surface area (Å²) >= 11 is 0. The highest BCUT2D eigenvalue weighted by Crippen LogP contribution is 2.46. The number of carbonyl (C=O) groups is 1. The van der Waals surface area contributed by atoms with Crippen LogP contribution in [0.4, 0.5) is 0 Å². The van der Waals surface area contributed by atoms with Gasteiger partial charge in [0, 0.05) is 17.5 Å². The number of esters is 1. The minimum Gasteiger partial charge on any atom is -0.482 e. The number of para-hydroxylation sites is 1. The van der Waals surface area contributed by atoms with Crippen LogP contribution in [0.2, 0.25) is 0 Å². The maximum Gasteiger partial charge on any atom is 0.305 e. The zero-order valence-corrected chi connectivity index (χ0v) is 13.7. The van der Waals surface area contributed by atoms with Gasteiger partial charge in [0.25, 0.3) is 0 Å². The number of hydrogen-bond donors (Lipinski definition) is 0. The zero-order valence-electron chi connectivity index (χ0n) is 13.7. The molecule has 0 saturated carbocycles. The Morgan fingerprint density at radius 3 is 2.57 bits per heavy atom. The molecule has 3 heteroatoms. The lowest BCUT2D eigenvalue weighted by Crippen LogP contribution is -2.33. The number of fused-ring (bicyclic) bond motifs is 3. The van der Waals surface area contributed by atoms with Gasteiger partial charge in [-0.15, -0.1) is 0 Å². The van der Waals surface area contributed by atoms with Crippen molar-refractivity contribution in [2.75, 3.05) is 6.61 Å². The van der Waals surface area contributed by atoms with Crippen molar-refractivity contribution in [3.05, 3.63) is 54.1 Å². The highest BCUT2D eigenvalue weighted by atomic mass is 16.5. The van der Waals surface area contributed by atoms with Gasteiger partial charge in [-0.1, -0.05) is 42.5 Å². The monoisotopic (exact) mass is 310 g/mol. The molecule has 3 nitrogen and oxygen atoms in total. The highest BCUT2D eigenvalue weighted by Gasteiger charge is 2.36. The van der Waals surface area contributed by atoms with Crippen molar-refractivity contribution in [2.24, 2.45) is 0 Å². The van der Waals surface area contributed by atoms with Crippen LogP contribution < -0.4 is 4.74 Å². The molecule has 23 heavy (non-hydrogen) atoms. The van der Waals surface area contributed by atoms with Gasteiger partial charge in [-0.2, -0.15) is 0 Å². The van der Waals surface area contributed by atoms with Gasteiger partial charge in [0.1, 0.15) is 11.4 Å². The standard InChI is InChI=1S/C20H22O3/c1-3-22-19(21)13-8-14-20(2)17-11-6-4-9-15(17)16-10-5-7-12-18(16)23-20/h4-7,9-12H,3,8,13-14H2,1-2H3. The largest absolute Gasteiger partial charge is 0.482 e. The van der Waals surface area contributed by atoms with E-state index in [9.17, 15) is 4.79 Å². The van der Waals surface area contributed by atoms with Crippen LogP contribution in [0.15, 0.2) is 48.5 Å². The van der Waals surface area contributed by atoms with Crippen LogP contribution in [0, 0.1) is 0 Å². The van der Waals surface area contributed by atoms with E-state index >= 15 is 0 Å². The maximum absolute atomic E-state index is 11.6. The predicted molar refractivity (Wildman–Crippen MR) is 90.3 cm³/mol. The molecule has 1 aliphatic heterocycles. The fourth-order valence-electron chi connectivity index (χ4n) is 3.24. The molecule has 0 saturated heterocycles. The molecule has 0 aromatic heterocycles. The van der Waals surface area contributed by atoms with Crippen molar-refractivity contribution < 1.29 is 14.3 Å². The Morgan fingerprint density at radius 1 is 1.09 bits per heavy atom. The van der Waals surface area contributed by atoms with Gasteiger partial charge in [-0.3, -0.25) is 4.79 Å². The van der Waals surface area contributed by atoms with Crippen molar-refractivity contribution >= 4 is 5.97 Å². The van der Waals surface area contributed by atoms with Crippen molar-refractivity contribution in [1.29, 1.82) is 0 Å². The Kier molecular flexibility index (Phi) is 4.37. The van der Waals surface area contributed by atoms with Crippen molar-refractivity contribution in [3.63, 3.8) is 0 Å². The minimum atomic E-state index is -0.419. The third-order valence-corrected chi connectivity index (χ3v) is 4.35. The van der Waals surface area contributed by atoms with E-state index in [0.29, 0.717) is 13.0 Å². The third kappa shape index (κ3) is 3.09. The van der Waals surface area contributed by atoms with E-state index in [-0.39, 0.29) is 5.97 Å². The highest BCUT2D eigenvalue weighted by molar-refractivity contribution is 5.76. The molecule has 2 aromatic rings. The summed E-state index contributed by atoms with van der Waals surface area (Å²) in [7, 11) is 0. The maximum atomic E-state index is 11.6. The van der Waals surface area contributed by atoms with E-state index in [4.69, 9.17) is 9.47 Å². The molecule has 1 atom stereocenters. The average Bonchev–Trinajstić information content (AvgIpc) is 2.55.